The van der Waals surface area contributed by atoms with Crippen molar-refractivity contribution in [1.82, 2.24) is 9.80 Å². The molecule has 26 heavy (non-hydrogen) atoms. The van der Waals surface area contributed by atoms with E-state index in [1.165, 1.54) is 0 Å². The largest absolute Gasteiger partial charge is 0.376 e. The molecule has 5 nitrogen and oxygen atoms in total. The summed E-state index contributed by atoms with van der Waals surface area (Å²) in [6, 6.07) is 7.44. The lowest BCUT2D eigenvalue weighted by Gasteiger charge is -2.34. The van der Waals surface area contributed by atoms with E-state index in [4.69, 9.17) is 4.74 Å². The summed E-state index contributed by atoms with van der Waals surface area (Å²) in [5.41, 5.74) is 0.701. The fourth-order valence-electron chi connectivity index (χ4n) is 3.77. The molecule has 3 rings (SSSR count). The van der Waals surface area contributed by atoms with E-state index in [9.17, 15) is 9.59 Å². The monoisotopic (exact) mass is 422 g/mol. The Bertz CT molecular complexity index is 620. The van der Waals surface area contributed by atoms with Crippen LogP contribution in [0.5, 0.6) is 0 Å². The summed E-state index contributed by atoms with van der Waals surface area (Å²) in [5.74, 6) is 0.291. The predicted molar refractivity (Wildman–Crippen MR) is 104 cm³/mol. The van der Waals surface area contributed by atoms with Crippen LogP contribution in [0.4, 0.5) is 0 Å². The fourth-order valence-corrected chi connectivity index (χ4v) is 4.04. The second-order valence-corrected chi connectivity index (χ2v) is 8.00. The molecule has 0 radical (unpaired) electrons. The van der Waals surface area contributed by atoms with Gasteiger partial charge in [-0.3, -0.25) is 9.59 Å². The molecule has 1 aromatic rings. The van der Waals surface area contributed by atoms with Gasteiger partial charge in [-0.25, -0.2) is 0 Å². The average molecular weight is 423 g/mol. The molecule has 0 saturated carbocycles. The van der Waals surface area contributed by atoms with Gasteiger partial charge in [0.2, 0.25) is 5.91 Å². The van der Waals surface area contributed by atoms with Crippen LogP contribution in [0.25, 0.3) is 0 Å². The van der Waals surface area contributed by atoms with E-state index < -0.39 is 0 Å². The molecule has 1 atom stereocenters. The maximum absolute atomic E-state index is 12.9. The highest BCUT2D eigenvalue weighted by Crippen LogP contribution is 2.23. The number of halogens is 1. The summed E-state index contributed by atoms with van der Waals surface area (Å²) in [7, 11) is 0. The SMILES string of the molecule is CCN(CC1CCCO1)C(=O)C1CCN(C(=O)c2ccc(Br)cc2)CC1. The number of hydrogen-bond donors (Lipinski definition) is 0. The molecule has 0 bridgehead atoms. The van der Waals surface area contributed by atoms with Crippen LogP contribution in [-0.2, 0) is 9.53 Å². The Morgan fingerprint density at radius 1 is 1.19 bits per heavy atom. The Hall–Kier alpha value is -1.40. The third-order valence-corrected chi connectivity index (χ3v) is 5.89. The van der Waals surface area contributed by atoms with Crippen LogP contribution in [0.2, 0.25) is 0 Å². The van der Waals surface area contributed by atoms with Gasteiger partial charge in [-0.1, -0.05) is 15.9 Å². The molecule has 2 amide bonds. The van der Waals surface area contributed by atoms with E-state index >= 15 is 0 Å². The summed E-state index contributed by atoms with van der Waals surface area (Å²) in [6.45, 7) is 5.54. The fraction of sp³-hybridized carbons (Fsp3) is 0.600. The van der Waals surface area contributed by atoms with Gasteiger partial charge in [0.25, 0.3) is 5.91 Å². The lowest BCUT2D eigenvalue weighted by molar-refractivity contribution is -0.138. The highest BCUT2D eigenvalue weighted by molar-refractivity contribution is 9.10. The Kier molecular flexibility index (Phi) is 6.70. The van der Waals surface area contributed by atoms with Crippen LogP contribution in [0.15, 0.2) is 28.7 Å². The molecule has 6 heteroatoms. The van der Waals surface area contributed by atoms with Gasteiger partial charge < -0.3 is 14.5 Å². The molecular formula is C20H27BrN2O3. The van der Waals surface area contributed by atoms with Gasteiger partial charge in [-0.05, 0) is 56.9 Å². The summed E-state index contributed by atoms with van der Waals surface area (Å²) >= 11 is 3.39. The number of rotatable bonds is 5. The number of amides is 2. The number of carbonyl (C=O) groups is 2. The van der Waals surface area contributed by atoms with Gasteiger partial charge in [0, 0.05) is 48.7 Å². The minimum Gasteiger partial charge on any atom is -0.376 e. The molecule has 1 unspecified atom stereocenters. The van der Waals surface area contributed by atoms with E-state index in [1.54, 1.807) is 0 Å². The lowest BCUT2D eigenvalue weighted by Crippen LogP contribution is -2.46. The van der Waals surface area contributed by atoms with Gasteiger partial charge in [0.1, 0.15) is 0 Å². The maximum Gasteiger partial charge on any atom is 0.253 e. The molecule has 1 aromatic carbocycles. The second-order valence-electron chi connectivity index (χ2n) is 7.09. The van der Waals surface area contributed by atoms with Crippen LogP contribution in [0.3, 0.4) is 0 Å². The molecule has 2 heterocycles. The Morgan fingerprint density at radius 2 is 1.88 bits per heavy atom. The molecule has 2 aliphatic rings. The molecule has 2 fully saturated rings. The summed E-state index contributed by atoms with van der Waals surface area (Å²) in [4.78, 5) is 29.3. The zero-order chi connectivity index (χ0) is 18.5. The van der Waals surface area contributed by atoms with Crippen molar-refractivity contribution in [3.05, 3.63) is 34.3 Å². The van der Waals surface area contributed by atoms with Crippen molar-refractivity contribution in [3.8, 4) is 0 Å². The van der Waals surface area contributed by atoms with Crippen molar-refractivity contribution >= 4 is 27.7 Å². The minimum atomic E-state index is 0.0188. The van der Waals surface area contributed by atoms with Crippen molar-refractivity contribution in [2.45, 2.75) is 38.7 Å². The number of piperidine rings is 1. The van der Waals surface area contributed by atoms with Crippen LogP contribution < -0.4 is 0 Å². The van der Waals surface area contributed by atoms with Crippen LogP contribution in [-0.4, -0.2) is 60.5 Å². The lowest BCUT2D eigenvalue weighted by atomic mass is 9.94. The van der Waals surface area contributed by atoms with Crippen molar-refractivity contribution in [3.63, 3.8) is 0 Å². The summed E-state index contributed by atoms with van der Waals surface area (Å²) in [6.07, 6.45) is 3.81. The van der Waals surface area contributed by atoms with Gasteiger partial charge in [0.15, 0.2) is 0 Å². The highest BCUT2D eigenvalue weighted by atomic mass is 79.9. The van der Waals surface area contributed by atoms with Crippen LogP contribution in [0, 0.1) is 5.92 Å². The third-order valence-electron chi connectivity index (χ3n) is 5.36. The van der Waals surface area contributed by atoms with Gasteiger partial charge in [0.05, 0.1) is 6.10 Å². The van der Waals surface area contributed by atoms with Crippen LogP contribution >= 0.6 is 15.9 Å². The van der Waals surface area contributed by atoms with E-state index in [0.29, 0.717) is 25.2 Å². The normalized spacial score (nSPS) is 21.0. The Labute approximate surface area is 163 Å². The number of benzene rings is 1. The van der Waals surface area contributed by atoms with Crippen molar-refractivity contribution in [2.24, 2.45) is 5.92 Å². The maximum atomic E-state index is 12.9. The first-order chi connectivity index (χ1) is 12.6. The number of carbonyl (C=O) groups excluding carboxylic acids is 2. The molecule has 0 aliphatic carbocycles. The average Bonchev–Trinajstić information content (AvgIpc) is 3.19. The van der Waals surface area contributed by atoms with Crippen molar-refractivity contribution in [1.29, 1.82) is 0 Å². The molecule has 0 aromatic heterocycles. The zero-order valence-corrected chi connectivity index (χ0v) is 16.9. The smallest absolute Gasteiger partial charge is 0.253 e. The Balaban J connectivity index is 1.52. The number of ether oxygens (including phenoxy) is 1. The number of nitrogens with zero attached hydrogens (tertiary/aromatic N) is 2. The van der Waals surface area contributed by atoms with Gasteiger partial charge >= 0.3 is 0 Å². The van der Waals surface area contributed by atoms with Crippen molar-refractivity contribution < 1.29 is 14.3 Å². The molecule has 0 spiro atoms. The third kappa shape index (κ3) is 4.65. The van der Waals surface area contributed by atoms with E-state index in [-0.39, 0.29) is 23.8 Å². The zero-order valence-electron chi connectivity index (χ0n) is 15.3. The first-order valence-electron chi connectivity index (χ1n) is 9.53. The summed E-state index contributed by atoms with van der Waals surface area (Å²) in [5, 5.41) is 0. The van der Waals surface area contributed by atoms with E-state index in [1.807, 2.05) is 41.0 Å². The first-order valence-corrected chi connectivity index (χ1v) is 10.3. The topological polar surface area (TPSA) is 49.9 Å². The Morgan fingerprint density at radius 3 is 2.46 bits per heavy atom. The minimum absolute atomic E-state index is 0.0188. The second kappa shape index (κ2) is 9.00. The standard InChI is InChI=1S/C20H27BrN2O3/c1-2-22(14-18-4-3-13-26-18)19(24)16-9-11-23(12-10-16)20(25)15-5-7-17(21)8-6-15/h5-8,16,18H,2-4,9-14H2,1H3. The quantitative estimate of drug-likeness (QED) is 0.730. The summed E-state index contributed by atoms with van der Waals surface area (Å²) < 4.78 is 6.64. The van der Waals surface area contributed by atoms with E-state index in [0.717, 1.165) is 43.3 Å². The predicted octanol–water partition coefficient (Wildman–Crippen LogP) is 3.33. The molecule has 0 N–H and O–H groups in total. The van der Waals surface area contributed by atoms with Crippen LogP contribution in [0.1, 0.15) is 43.0 Å². The van der Waals surface area contributed by atoms with Gasteiger partial charge in [-0.15, -0.1) is 0 Å². The highest BCUT2D eigenvalue weighted by Gasteiger charge is 2.31. The molecule has 142 valence electrons. The number of hydrogen-bond acceptors (Lipinski definition) is 3. The van der Waals surface area contributed by atoms with E-state index in [2.05, 4.69) is 15.9 Å². The molecule has 2 saturated heterocycles. The van der Waals surface area contributed by atoms with Crippen molar-refractivity contribution in [2.75, 3.05) is 32.8 Å². The number of likely N-dealkylation sites (N-methyl/N-ethyl adjacent to an activating group) is 1. The van der Waals surface area contributed by atoms with Gasteiger partial charge in [-0.2, -0.15) is 0 Å². The molecular weight excluding hydrogens is 396 g/mol. The number of likely N-dealkylation sites (tertiary alicyclic amines) is 1. The molecule has 2 aliphatic heterocycles. The first kappa shape index (κ1) is 19.4.